The Hall–Kier alpha value is -2.20. The average molecular weight is 339 g/mol. The number of primary amides is 1. The number of guanidine groups is 1. The van der Waals surface area contributed by atoms with E-state index < -0.39 is 18.0 Å². The first-order valence-corrected chi connectivity index (χ1v) is 8.00. The van der Waals surface area contributed by atoms with Crippen LogP contribution in [0.15, 0.2) is 4.99 Å². The van der Waals surface area contributed by atoms with Crippen LogP contribution in [0.5, 0.6) is 0 Å². The SMILES string of the molecule is CN(C(=O)C[C@@H](N)C[C@@H]1CCNC1)C1CN=C(NC(N)=O)NC1=O. The van der Waals surface area contributed by atoms with E-state index in [2.05, 4.69) is 20.9 Å². The zero-order valence-electron chi connectivity index (χ0n) is 13.7. The van der Waals surface area contributed by atoms with Crippen LogP contribution >= 0.6 is 0 Å². The molecule has 24 heavy (non-hydrogen) atoms. The summed E-state index contributed by atoms with van der Waals surface area (Å²) >= 11 is 0. The standard InChI is InChI=1S/C14H25N7O3/c1-21(10-7-18-14(19-12(10)23)20-13(16)24)11(22)5-9(15)4-8-2-3-17-6-8/h8-10,17H,2-7,15H2,1H3,(H4,16,18,19,20,23,24)/t8-,9-,10?/m0/s1. The van der Waals surface area contributed by atoms with Gasteiger partial charge in [-0.15, -0.1) is 0 Å². The second-order valence-corrected chi connectivity index (χ2v) is 6.25. The smallest absolute Gasteiger partial charge is 0.318 e. The van der Waals surface area contributed by atoms with Gasteiger partial charge in [-0.25, -0.2) is 9.79 Å². The van der Waals surface area contributed by atoms with Gasteiger partial charge in [0.1, 0.15) is 6.04 Å². The molecule has 0 radical (unpaired) electrons. The lowest BCUT2D eigenvalue weighted by atomic mass is 9.97. The summed E-state index contributed by atoms with van der Waals surface area (Å²) < 4.78 is 0. The summed E-state index contributed by atoms with van der Waals surface area (Å²) in [5.41, 5.74) is 11.0. The van der Waals surface area contributed by atoms with E-state index in [1.807, 2.05) is 0 Å². The summed E-state index contributed by atoms with van der Waals surface area (Å²) in [6, 6.07) is -1.77. The molecule has 0 aromatic heterocycles. The molecule has 10 heteroatoms. The molecule has 2 aliphatic rings. The first-order valence-electron chi connectivity index (χ1n) is 8.00. The first-order chi connectivity index (χ1) is 11.4. The summed E-state index contributed by atoms with van der Waals surface area (Å²) in [4.78, 5) is 40.5. The molecule has 1 saturated heterocycles. The Kier molecular flexibility index (Phi) is 6.10. The number of rotatable bonds is 5. The van der Waals surface area contributed by atoms with Crippen molar-refractivity contribution in [3.8, 4) is 0 Å². The molecule has 10 nitrogen and oxygen atoms in total. The van der Waals surface area contributed by atoms with Crippen molar-refractivity contribution < 1.29 is 14.4 Å². The minimum atomic E-state index is -0.815. The molecular weight excluding hydrogens is 314 g/mol. The van der Waals surface area contributed by atoms with Crippen LogP contribution < -0.4 is 27.4 Å². The molecule has 7 N–H and O–H groups in total. The van der Waals surface area contributed by atoms with E-state index in [-0.39, 0.29) is 30.9 Å². The van der Waals surface area contributed by atoms with Gasteiger partial charge in [-0.3, -0.25) is 20.2 Å². The Balaban J connectivity index is 1.84. The summed E-state index contributed by atoms with van der Waals surface area (Å²) in [7, 11) is 1.55. The van der Waals surface area contributed by atoms with Crippen molar-refractivity contribution in [1.82, 2.24) is 20.9 Å². The maximum absolute atomic E-state index is 12.3. The van der Waals surface area contributed by atoms with Crippen LogP contribution in [0.2, 0.25) is 0 Å². The van der Waals surface area contributed by atoms with Crippen LogP contribution in [0.25, 0.3) is 0 Å². The highest BCUT2D eigenvalue weighted by atomic mass is 16.2. The molecule has 0 spiro atoms. The number of carbonyl (C=O) groups excluding carboxylic acids is 3. The Bertz CT molecular complexity index is 530. The number of hydrogen-bond donors (Lipinski definition) is 5. The molecule has 2 rings (SSSR count). The largest absolute Gasteiger partial charge is 0.351 e. The van der Waals surface area contributed by atoms with Crippen LogP contribution in [-0.2, 0) is 9.59 Å². The van der Waals surface area contributed by atoms with Crippen molar-refractivity contribution in [2.75, 3.05) is 26.7 Å². The Morgan fingerprint density at radius 3 is 2.83 bits per heavy atom. The molecule has 1 fully saturated rings. The van der Waals surface area contributed by atoms with E-state index in [1.54, 1.807) is 7.05 Å². The topological polar surface area (TPSA) is 155 Å². The molecule has 0 aromatic rings. The van der Waals surface area contributed by atoms with Gasteiger partial charge in [-0.05, 0) is 31.8 Å². The number of urea groups is 1. The van der Waals surface area contributed by atoms with Crippen LogP contribution in [0.3, 0.4) is 0 Å². The van der Waals surface area contributed by atoms with E-state index >= 15 is 0 Å². The predicted molar refractivity (Wildman–Crippen MR) is 87.9 cm³/mol. The van der Waals surface area contributed by atoms with Gasteiger partial charge >= 0.3 is 6.03 Å². The third-order valence-electron chi connectivity index (χ3n) is 4.30. The molecule has 0 bridgehead atoms. The third kappa shape index (κ3) is 4.90. The fourth-order valence-corrected chi connectivity index (χ4v) is 2.96. The number of nitrogens with one attached hydrogen (secondary N) is 3. The lowest BCUT2D eigenvalue weighted by Crippen LogP contribution is -2.58. The van der Waals surface area contributed by atoms with Crippen LogP contribution in [0.4, 0.5) is 4.79 Å². The Morgan fingerprint density at radius 2 is 2.25 bits per heavy atom. The fraction of sp³-hybridized carbons (Fsp3) is 0.714. The van der Waals surface area contributed by atoms with Gasteiger partial charge in [0.2, 0.25) is 11.9 Å². The molecule has 0 aromatic carbocycles. The van der Waals surface area contributed by atoms with Crippen molar-refractivity contribution >= 4 is 23.8 Å². The highest BCUT2D eigenvalue weighted by Gasteiger charge is 2.31. The van der Waals surface area contributed by atoms with Crippen LogP contribution in [0, 0.1) is 5.92 Å². The average Bonchev–Trinajstić information content (AvgIpc) is 2.98. The summed E-state index contributed by atoms with van der Waals surface area (Å²) in [5, 5.41) is 7.88. The predicted octanol–water partition coefficient (Wildman–Crippen LogP) is -2.32. The molecule has 2 heterocycles. The van der Waals surface area contributed by atoms with Gasteiger partial charge in [0.25, 0.3) is 5.91 Å². The van der Waals surface area contributed by atoms with Crippen molar-refractivity contribution in [2.45, 2.75) is 31.3 Å². The second kappa shape index (κ2) is 8.06. The molecule has 134 valence electrons. The minimum absolute atomic E-state index is 0.00460. The Labute approximate surface area is 140 Å². The summed E-state index contributed by atoms with van der Waals surface area (Å²) in [5.74, 6) is -0.119. The number of nitrogens with zero attached hydrogens (tertiary/aromatic N) is 2. The number of carbonyl (C=O) groups is 3. The molecule has 0 saturated carbocycles. The van der Waals surface area contributed by atoms with Crippen LogP contribution in [0.1, 0.15) is 19.3 Å². The molecule has 3 atom stereocenters. The first kappa shape index (κ1) is 18.1. The zero-order chi connectivity index (χ0) is 17.7. The maximum Gasteiger partial charge on any atom is 0.318 e. The number of amides is 4. The highest BCUT2D eigenvalue weighted by molar-refractivity contribution is 6.07. The number of aliphatic imine (C=N–C) groups is 1. The zero-order valence-corrected chi connectivity index (χ0v) is 13.7. The molecule has 4 amide bonds. The number of hydrogen-bond acceptors (Lipinski definition) is 6. The minimum Gasteiger partial charge on any atom is -0.351 e. The molecule has 0 aliphatic carbocycles. The van der Waals surface area contributed by atoms with Gasteiger partial charge in [0, 0.05) is 19.5 Å². The lowest BCUT2D eigenvalue weighted by molar-refractivity contribution is -0.138. The number of nitrogens with two attached hydrogens (primary N) is 2. The highest BCUT2D eigenvalue weighted by Crippen LogP contribution is 2.16. The van der Waals surface area contributed by atoms with Crippen molar-refractivity contribution in [3.63, 3.8) is 0 Å². The van der Waals surface area contributed by atoms with Gasteiger partial charge in [0.15, 0.2) is 0 Å². The summed E-state index contributed by atoms with van der Waals surface area (Å²) in [6.07, 6.45) is 2.05. The van der Waals surface area contributed by atoms with Crippen molar-refractivity contribution in [3.05, 3.63) is 0 Å². The lowest BCUT2D eigenvalue weighted by Gasteiger charge is -2.30. The third-order valence-corrected chi connectivity index (χ3v) is 4.30. The van der Waals surface area contributed by atoms with Gasteiger partial charge in [-0.2, -0.15) is 0 Å². The van der Waals surface area contributed by atoms with Crippen molar-refractivity contribution in [2.24, 2.45) is 22.4 Å². The van der Waals surface area contributed by atoms with Gasteiger partial charge < -0.3 is 21.7 Å². The molecular formula is C14H25N7O3. The van der Waals surface area contributed by atoms with Crippen LogP contribution in [-0.4, -0.2) is 67.5 Å². The van der Waals surface area contributed by atoms with E-state index in [0.717, 1.165) is 25.9 Å². The molecule has 1 unspecified atom stereocenters. The maximum atomic E-state index is 12.3. The van der Waals surface area contributed by atoms with E-state index in [1.165, 1.54) is 4.90 Å². The van der Waals surface area contributed by atoms with E-state index in [0.29, 0.717) is 5.92 Å². The Morgan fingerprint density at radius 1 is 1.50 bits per heavy atom. The molecule has 2 aliphatic heterocycles. The van der Waals surface area contributed by atoms with E-state index in [4.69, 9.17) is 11.5 Å². The number of likely N-dealkylation sites (N-methyl/N-ethyl adjacent to an activating group) is 1. The quantitative estimate of drug-likeness (QED) is 0.380. The van der Waals surface area contributed by atoms with Crippen molar-refractivity contribution in [1.29, 1.82) is 0 Å². The van der Waals surface area contributed by atoms with Gasteiger partial charge in [0.05, 0.1) is 6.54 Å². The summed E-state index contributed by atoms with van der Waals surface area (Å²) in [6.45, 7) is 1.99. The normalized spacial score (nSPS) is 24.8. The second-order valence-electron chi connectivity index (χ2n) is 6.25. The van der Waals surface area contributed by atoms with E-state index in [9.17, 15) is 14.4 Å². The fourth-order valence-electron chi connectivity index (χ4n) is 2.96. The van der Waals surface area contributed by atoms with Gasteiger partial charge in [-0.1, -0.05) is 0 Å². The monoisotopic (exact) mass is 339 g/mol.